The average molecular weight is 482 g/mol. The normalized spacial score (nSPS) is 21.7. The van der Waals surface area contributed by atoms with Crippen molar-refractivity contribution < 1.29 is 23.8 Å². The molecule has 1 unspecified atom stereocenters. The Labute approximate surface area is 206 Å². The number of carbonyl (C=O) groups is 2. The van der Waals surface area contributed by atoms with Gasteiger partial charge in [0.2, 0.25) is 11.7 Å². The van der Waals surface area contributed by atoms with Gasteiger partial charge in [-0.15, -0.1) is 0 Å². The number of para-hydroxylation sites is 1. The van der Waals surface area contributed by atoms with Crippen molar-refractivity contribution in [1.82, 2.24) is 10.2 Å². The highest BCUT2D eigenvalue weighted by atomic mass is 16.5. The summed E-state index contributed by atoms with van der Waals surface area (Å²) >= 11 is 0. The van der Waals surface area contributed by atoms with Crippen molar-refractivity contribution in [3.8, 4) is 17.2 Å². The van der Waals surface area contributed by atoms with Gasteiger partial charge in [-0.1, -0.05) is 24.6 Å². The van der Waals surface area contributed by atoms with E-state index in [4.69, 9.17) is 14.2 Å². The minimum atomic E-state index is -0.168. The van der Waals surface area contributed by atoms with Gasteiger partial charge in [-0.3, -0.25) is 14.5 Å². The number of hydrogen-bond donors (Lipinski definition) is 2. The van der Waals surface area contributed by atoms with Gasteiger partial charge in [0.15, 0.2) is 11.5 Å². The molecule has 0 spiro atoms. The zero-order valence-corrected chi connectivity index (χ0v) is 20.9. The molecule has 2 bridgehead atoms. The van der Waals surface area contributed by atoms with E-state index >= 15 is 0 Å². The first-order valence-electron chi connectivity index (χ1n) is 12.2. The molecule has 3 atom stereocenters. The van der Waals surface area contributed by atoms with E-state index in [-0.39, 0.29) is 29.9 Å². The van der Waals surface area contributed by atoms with Crippen molar-refractivity contribution in [2.45, 2.75) is 57.2 Å². The van der Waals surface area contributed by atoms with Gasteiger partial charge in [-0.25, -0.2) is 0 Å². The van der Waals surface area contributed by atoms with E-state index in [0.29, 0.717) is 29.4 Å². The van der Waals surface area contributed by atoms with E-state index in [1.165, 1.54) is 21.3 Å². The van der Waals surface area contributed by atoms with Crippen LogP contribution in [0.1, 0.15) is 48.0 Å². The van der Waals surface area contributed by atoms with Crippen LogP contribution in [0.4, 0.5) is 5.69 Å². The SMILES string of the molecule is COc1cc(C(=O)NC2C[C@H]3CCC[C@@H](C2)N3CC(=O)Nc2ccccc2C)cc(OC)c1OC. The molecule has 0 radical (unpaired) electrons. The molecule has 2 aliphatic heterocycles. The summed E-state index contributed by atoms with van der Waals surface area (Å²) in [6.07, 6.45) is 4.86. The molecule has 8 nitrogen and oxygen atoms in total. The zero-order chi connectivity index (χ0) is 24.9. The summed E-state index contributed by atoms with van der Waals surface area (Å²) in [6.45, 7) is 2.36. The molecule has 2 aromatic carbocycles. The van der Waals surface area contributed by atoms with E-state index in [1.54, 1.807) is 12.1 Å². The number of fused-ring (bicyclic) bond motifs is 2. The van der Waals surface area contributed by atoms with Gasteiger partial charge in [-0.05, 0) is 56.4 Å². The number of benzene rings is 2. The molecule has 2 heterocycles. The van der Waals surface area contributed by atoms with E-state index in [0.717, 1.165) is 43.4 Å². The number of nitrogens with zero attached hydrogens (tertiary/aromatic N) is 1. The van der Waals surface area contributed by atoms with Crippen LogP contribution in [0, 0.1) is 6.92 Å². The fraction of sp³-hybridized carbons (Fsp3) is 0.481. The lowest BCUT2D eigenvalue weighted by molar-refractivity contribution is -0.120. The molecule has 0 aliphatic carbocycles. The Bertz CT molecular complexity index is 1030. The Kier molecular flexibility index (Phi) is 7.80. The number of anilines is 1. The van der Waals surface area contributed by atoms with Gasteiger partial charge < -0.3 is 24.8 Å². The van der Waals surface area contributed by atoms with E-state index in [2.05, 4.69) is 15.5 Å². The summed E-state index contributed by atoms with van der Waals surface area (Å²) < 4.78 is 16.1. The van der Waals surface area contributed by atoms with Crippen molar-refractivity contribution in [1.29, 1.82) is 0 Å². The molecule has 0 saturated carbocycles. The summed E-state index contributed by atoms with van der Waals surface area (Å²) in [5.41, 5.74) is 2.37. The van der Waals surface area contributed by atoms with Gasteiger partial charge in [0.05, 0.1) is 27.9 Å². The molecule has 188 valence electrons. The number of aryl methyl sites for hydroxylation is 1. The smallest absolute Gasteiger partial charge is 0.251 e. The van der Waals surface area contributed by atoms with E-state index in [9.17, 15) is 9.59 Å². The van der Waals surface area contributed by atoms with Crippen LogP contribution in [0.25, 0.3) is 0 Å². The summed E-state index contributed by atoms with van der Waals surface area (Å²) in [5.74, 6) is 1.19. The quantitative estimate of drug-likeness (QED) is 0.597. The Hall–Kier alpha value is -3.26. The van der Waals surface area contributed by atoms with Crippen LogP contribution < -0.4 is 24.8 Å². The molecule has 2 aliphatic rings. The second-order valence-corrected chi connectivity index (χ2v) is 9.33. The van der Waals surface area contributed by atoms with Crippen molar-refractivity contribution in [2.75, 3.05) is 33.2 Å². The van der Waals surface area contributed by atoms with Crippen LogP contribution >= 0.6 is 0 Å². The van der Waals surface area contributed by atoms with Gasteiger partial charge in [0.1, 0.15) is 0 Å². The highest BCUT2D eigenvalue weighted by molar-refractivity contribution is 5.96. The number of nitrogens with one attached hydrogen (secondary N) is 2. The number of hydrogen-bond acceptors (Lipinski definition) is 6. The van der Waals surface area contributed by atoms with Crippen LogP contribution in [-0.4, -0.2) is 62.7 Å². The lowest BCUT2D eigenvalue weighted by Gasteiger charge is -2.48. The third kappa shape index (κ3) is 5.53. The number of amides is 2. The van der Waals surface area contributed by atoms with Crippen molar-refractivity contribution >= 4 is 17.5 Å². The number of ether oxygens (including phenoxy) is 3. The minimum absolute atomic E-state index is 0.0103. The van der Waals surface area contributed by atoms with E-state index < -0.39 is 0 Å². The fourth-order valence-corrected chi connectivity index (χ4v) is 5.40. The molecule has 2 N–H and O–H groups in total. The first-order chi connectivity index (χ1) is 16.9. The van der Waals surface area contributed by atoms with Crippen LogP contribution in [-0.2, 0) is 4.79 Å². The maximum Gasteiger partial charge on any atom is 0.251 e. The second kappa shape index (κ2) is 11.0. The van der Waals surface area contributed by atoms with E-state index in [1.807, 2.05) is 31.2 Å². The Morgan fingerprint density at radius 3 is 2.17 bits per heavy atom. The first-order valence-corrected chi connectivity index (χ1v) is 12.2. The van der Waals surface area contributed by atoms with Gasteiger partial charge in [0.25, 0.3) is 5.91 Å². The zero-order valence-electron chi connectivity index (χ0n) is 20.9. The average Bonchev–Trinajstić information content (AvgIpc) is 2.84. The van der Waals surface area contributed by atoms with Crippen LogP contribution in [0.5, 0.6) is 17.2 Å². The third-order valence-corrected chi connectivity index (χ3v) is 7.13. The number of carbonyl (C=O) groups excluding carboxylic acids is 2. The number of rotatable bonds is 8. The Balaban J connectivity index is 1.41. The Morgan fingerprint density at radius 2 is 1.60 bits per heavy atom. The first kappa shape index (κ1) is 24.9. The molecule has 2 amide bonds. The van der Waals surface area contributed by atoms with Crippen LogP contribution in [0.3, 0.4) is 0 Å². The highest BCUT2D eigenvalue weighted by Crippen LogP contribution is 2.38. The predicted octanol–water partition coefficient (Wildman–Crippen LogP) is 3.77. The predicted molar refractivity (Wildman–Crippen MR) is 135 cm³/mol. The molecule has 2 aromatic rings. The molecule has 2 fully saturated rings. The lowest BCUT2D eigenvalue weighted by Crippen LogP contribution is -2.58. The molecule has 0 aromatic heterocycles. The molecule has 4 rings (SSSR count). The second-order valence-electron chi connectivity index (χ2n) is 9.33. The molecular formula is C27H35N3O5. The minimum Gasteiger partial charge on any atom is -0.493 e. The largest absolute Gasteiger partial charge is 0.493 e. The maximum atomic E-state index is 13.1. The topological polar surface area (TPSA) is 89.1 Å². The summed E-state index contributed by atoms with van der Waals surface area (Å²) in [7, 11) is 4.60. The van der Waals surface area contributed by atoms with Gasteiger partial charge in [0, 0.05) is 29.4 Å². The number of piperidine rings is 2. The maximum absolute atomic E-state index is 13.1. The summed E-state index contributed by atoms with van der Waals surface area (Å²) in [6, 6.07) is 11.8. The standard InChI is InChI=1S/C27H35N3O5/c1-17-8-5-6-11-22(17)29-25(31)16-30-20-9-7-10-21(30)15-19(14-20)28-27(32)18-12-23(33-2)26(35-4)24(13-18)34-3/h5-6,8,11-13,19-21H,7,9-10,14-16H2,1-4H3,(H,28,32)(H,29,31)/t19?,20-,21+. The van der Waals surface area contributed by atoms with Crippen molar-refractivity contribution in [2.24, 2.45) is 0 Å². The van der Waals surface area contributed by atoms with Crippen LogP contribution in [0.2, 0.25) is 0 Å². The summed E-state index contributed by atoms with van der Waals surface area (Å²) in [4.78, 5) is 28.3. The van der Waals surface area contributed by atoms with Crippen molar-refractivity contribution in [3.63, 3.8) is 0 Å². The fourth-order valence-electron chi connectivity index (χ4n) is 5.40. The highest BCUT2D eigenvalue weighted by Gasteiger charge is 2.39. The molecular weight excluding hydrogens is 446 g/mol. The van der Waals surface area contributed by atoms with Crippen LogP contribution in [0.15, 0.2) is 36.4 Å². The van der Waals surface area contributed by atoms with Gasteiger partial charge >= 0.3 is 0 Å². The monoisotopic (exact) mass is 481 g/mol. The molecule has 2 saturated heterocycles. The summed E-state index contributed by atoms with van der Waals surface area (Å²) in [5, 5.41) is 6.27. The molecule has 35 heavy (non-hydrogen) atoms. The molecule has 8 heteroatoms. The number of methoxy groups -OCH3 is 3. The van der Waals surface area contributed by atoms with Crippen molar-refractivity contribution in [3.05, 3.63) is 47.5 Å². The Morgan fingerprint density at radius 1 is 0.971 bits per heavy atom. The van der Waals surface area contributed by atoms with Gasteiger partial charge in [-0.2, -0.15) is 0 Å². The third-order valence-electron chi connectivity index (χ3n) is 7.13. The lowest BCUT2D eigenvalue weighted by atomic mass is 9.81.